The van der Waals surface area contributed by atoms with E-state index in [1.165, 1.54) is 0 Å². The first-order chi connectivity index (χ1) is 6.04. The molecule has 1 heterocycles. The molecule has 72 valence electrons. The van der Waals surface area contributed by atoms with Crippen molar-refractivity contribution in [3.63, 3.8) is 0 Å². The van der Waals surface area contributed by atoms with Gasteiger partial charge in [-0.25, -0.2) is 0 Å². The van der Waals surface area contributed by atoms with E-state index in [4.69, 9.17) is 25.1 Å². The van der Waals surface area contributed by atoms with Gasteiger partial charge in [0.05, 0.1) is 0 Å². The minimum atomic E-state index is -2.60. The molecular formula is C6H8ClN3O3. The summed E-state index contributed by atoms with van der Waals surface area (Å²) < 4.78 is 24.0. The number of pyridine rings is 1. The molecule has 0 spiro atoms. The van der Waals surface area contributed by atoms with E-state index in [1.807, 2.05) is 0 Å². The minimum Gasteiger partial charge on any atom is -0.384 e. The SMILES string of the molecule is N=C(N)c1ccncc1.[O-][Cl+2]([O-])O. The molecule has 13 heavy (non-hydrogen) atoms. The van der Waals surface area contributed by atoms with E-state index in [9.17, 15) is 0 Å². The molecule has 1 aromatic heterocycles. The first kappa shape index (κ1) is 11.8. The minimum absolute atomic E-state index is 0.0809. The molecule has 0 aliphatic heterocycles. The highest BCUT2D eigenvalue weighted by Gasteiger charge is 1.89. The number of aromatic nitrogens is 1. The van der Waals surface area contributed by atoms with Gasteiger partial charge in [-0.3, -0.25) is 10.4 Å². The first-order valence-corrected chi connectivity index (χ1v) is 3.98. The third kappa shape index (κ3) is 7.16. The van der Waals surface area contributed by atoms with Crippen molar-refractivity contribution in [3.8, 4) is 0 Å². The van der Waals surface area contributed by atoms with Gasteiger partial charge in [0, 0.05) is 22.6 Å². The van der Waals surface area contributed by atoms with Crippen molar-refractivity contribution in [2.24, 2.45) is 5.73 Å². The van der Waals surface area contributed by atoms with Crippen LogP contribution in [-0.4, -0.2) is 15.5 Å². The molecule has 6 nitrogen and oxygen atoms in total. The van der Waals surface area contributed by atoms with Crippen molar-refractivity contribution < 1.29 is 24.8 Å². The molecule has 0 amide bonds. The molecule has 0 aliphatic carbocycles. The van der Waals surface area contributed by atoms with Gasteiger partial charge in [0.1, 0.15) is 5.84 Å². The molecule has 0 radical (unpaired) electrons. The fourth-order valence-corrected chi connectivity index (χ4v) is 0.531. The molecule has 0 aliphatic rings. The zero-order chi connectivity index (χ0) is 10.3. The number of rotatable bonds is 1. The topological polar surface area (TPSA) is 129 Å². The van der Waals surface area contributed by atoms with E-state index in [0.29, 0.717) is 5.56 Å². The maximum atomic E-state index is 8.52. The van der Waals surface area contributed by atoms with Gasteiger partial charge in [0.2, 0.25) is 0 Å². The van der Waals surface area contributed by atoms with Crippen LogP contribution < -0.4 is 15.1 Å². The number of hydrogen-bond acceptors (Lipinski definition) is 5. The Morgan fingerprint density at radius 2 is 1.85 bits per heavy atom. The lowest BCUT2D eigenvalue weighted by Gasteiger charge is -1.92. The Balaban J connectivity index is 0.000000310. The number of hydrogen-bond donors (Lipinski definition) is 3. The molecule has 7 heteroatoms. The molecule has 1 rings (SSSR count). The van der Waals surface area contributed by atoms with Crippen molar-refractivity contribution in [1.29, 1.82) is 5.41 Å². The Hall–Kier alpha value is -1.21. The second kappa shape index (κ2) is 6.32. The molecule has 4 N–H and O–H groups in total. The zero-order valence-corrected chi connectivity index (χ0v) is 7.23. The van der Waals surface area contributed by atoms with Gasteiger partial charge in [0.25, 0.3) is 10.8 Å². The number of amidine groups is 1. The first-order valence-electron chi connectivity index (χ1n) is 3.03. The highest BCUT2D eigenvalue weighted by molar-refractivity contribution is 5.94. The summed E-state index contributed by atoms with van der Waals surface area (Å²) in [7, 11) is -2.60. The van der Waals surface area contributed by atoms with Crippen LogP contribution in [0.3, 0.4) is 0 Å². The van der Waals surface area contributed by atoms with Crippen LogP contribution in [0, 0.1) is 16.2 Å². The van der Waals surface area contributed by atoms with Crippen molar-refractivity contribution in [2.75, 3.05) is 0 Å². The highest BCUT2D eigenvalue weighted by Crippen LogP contribution is 1.91. The van der Waals surface area contributed by atoms with E-state index in [-0.39, 0.29) is 5.84 Å². The summed E-state index contributed by atoms with van der Waals surface area (Å²) in [5.41, 5.74) is 5.88. The predicted octanol–water partition coefficient (Wildman–Crippen LogP) is -2.57. The second-order valence-electron chi connectivity index (χ2n) is 1.85. The fourth-order valence-electron chi connectivity index (χ4n) is 0.531. The number of nitrogens with two attached hydrogens (primary N) is 1. The monoisotopic (exact) mass is 205 g/mol. The summed E-state index contributed by atoms with van der Waals surface area (Å²) in [5.74, 6) is 0.0809. The molecule has 1 aromatic rings. The lowest BCUT2D eigenvalue weighted by molar-refractivity contribution is -1.63. The van der Waals surface area contributed by atoms with Crippen LogP contribution in [0.5, 0.6) is 0 Å². The van der Waals surface area contributed by atoms with Crippen LogP contribution in [-0.2, 0) is 0 Å². The number of nitrogens with one attached hydrogen (secondary N) is 1. The summed E-state index contributed by atoms with van der Waals surface area (Å²) in [4.78, 5) is 3.78. The van der Waals surface area contributed by atoms with Gasteiger partial charge in [-0.15, -0.1) is 0 Å². The molecule has 0 unspecified atom stereocenters. The average Bonchev–Trinajstić information content (AvgIpc) is 2.05. The largest absolute Gasteiger partial charge is 0.384 e. The second-order valence-corrected chi connectivity index (χ2v) is 2.25. The predicted molar refractivity (Wildman–Crippen MR) is 37.5 cm³/mol. The Kier molecular flexibility index (Phi) is 5.73. The lowest BCUT2D eigenvalue weighted by Crippen LogP contribution is -2.30. The molecular weight excluding hydrogens is 198 g/mol. The highest BCUT2D eigenvalue weighted by atomic mass is 35.6. The Bertz CT molecular complexity index is 252. The quantitative estimate of drug-likeness (QED) is 0.343. The number of nitrogens with zero attached hydrogens (tertiary/aromatic N) is 1. The van der Waals surface area contributed by atoms with Crippen LogP contribution in [0.1, 0.15) is 5.56 Å². The standard InChI is InChI=1S/C6H7N3.ClHO3/c7-6(8)5-1-3-9-4-2-5;2-1(3)4/h1-4H,(H3,7,8);2H. The molecule has 0 aromatic carbocycles. The summed E-state index contributed by atoms with van der Waals surface area (Å²) in [6.45, 7) is 0. The Morgan fingerprint density at radius 1 is 1.46 bits per heavy atom. The molecule has 0 fully saturated rings. The maximum absolute atomic E-state index is 8.52. The van der Waals surface area contributed by atoms with Crippen LogP contribution in [0.2, 0.25) is 0 Å². The average molecular weight is 206 g/mol. The smallest absolute Gasteiger partial charge is 0.282 e. The van der Waals surface area contributed by atoms with E-state index in [1.54, 1.807) is 24.5 Å². The molecule has 0 saturated heterocycles. The van der Waals surface area contributed by atoms with Gasteiger partial charge in [-0.05, 0) is 12.1 Å². The molecule has 0 atom stereocenters. The third-order valence-electron chi connectivity index (χ3n) is 0.991. The summed E-state index contributed by atoms with van der Waals surface area (Å²) >= 11 is 0. The van der Waals surface area contributed by atoms with E-state index in [2.05, 4.69) is 4.98 Å². The lowest BCUT2D eigenvalue weighted by atomic mass is 10.2. The van der Waals surface area contributed by atoms with Crippen molar-refractivity contribution in [3.05, 3.63) is 30.1 Å². The normalized spacial score (nSPS) is 8.92. The summed E-state index contributed by atoms with van der Waals surface area (Å²) in [5, 5.41) is 6.99. The summed E-state index contributed by atoms with van der Waals surface area (Å²) in [6, 6.07) is 3.39. The third-order valence-corrected chi connectivity index (χ3v) is 0.991. The van der Waals surface area contributed by atoms with Gasteiger partial charge in [-0.2, -0.15) is 0 Å². The van der Waals surface area contributed by atoms with Crippen molar-refractivity contribution >= 4 is 5.84 Å². The van der Waals surface area contributed by atoms with Gasteiger partial charge in [0.15, 0.2) is 0 Å². The number of nitrogen functional groups attached to an aromatic ring is 1. The van der Waals surface area contributed by atoms with Crippen LogP contribution in [0.15, 0.2) is 24.5 Å². The maximum Gasteiger partial charge on any atom is 0.282 e. The van der Waals surface area contributed by atoms with E-state index < -0.39 is 10.8 Å². The summed E-state index contributed by atoms with van der Waals surface area (Å²) in [6.07, 6.45) is 3.22. The van der Waals surface area contributed by atoms with E-state index in [0.717, 1.165) is 0 Å². The number of halogens is 1. The van der Waals surface area contributed by atoms with Gasteiger partial charge >= 0.3 is 0 Å². The molecule has 0 saturated carbocycles. The Morgan fingerprint density at radius 3 is 2.08 bits per heavy atom. The fraction of sp³-hybridized carbons (Fsp3) is 0. The molecule has 0 bridgehead atoms. The van der Waals surface area contributed by atoms with Crippen molar-refractivity contribution in [2.45, 2.75) is 0 Å². The zero-order valence-electron chi connectivity index (χ0n) is 6.48. The van der Waals surface area contributed by atoms with Crippen LogP contribution in [0.4, 0.5) is 0 Å². The van der Waals surface area contributed by atoms with Gasteiger partial charge in [-0.1, -0.05) is 0 Å². The Labute approximate surface area is 77.6 Å². The van der Waals surface area contributed by atoms with Crippen molar-refractivity contribution in [1.82, 2.24) is 4.98 Å². The van der Waals surface area contributed by atoms with Crippen LogP contribution >= 0.6 is 0 Å². The van der Waals surface area contributed by atoms with Crippen LogP contribution in [0.25, 0.3) is 0 Å². The van der Waals surface area contributed by atoms with Gasteiger partial charge < -0.3 is 15.1 Å². The van der Waals surface area contributed by atoms with E-state index >= 15 is 0 Å².